The Bertz CT molecular complexity index is 452. The standard InChI is InChI=1S/C16H22ClN/c1-11(7-18)13(17)16-6-12-4-14(2,9-16)8-15(3,5-12)10-16/h12H,4-6,8-10H2,1-3H3. The van der Waals surface area contributed by atoms with Crippen LogP contribution in [-0.2, 0) is 0 Å². The second-order valence-electron chi connectivity index (χ2n) is 7.96. The smallest absolute Gasteiger partial charge is 0.0956 e. The maximum atomic E-state index is 9.14. The Morgan fingerprint density at radius 2 is 1.67 bits per heavy atom. The number of nitriles is 1. The molecule has 2 atom stereocenters. The molecule has 4 saturated carbocycles. The number of allylic oxidation sites excluding steroid dienone is 2. The van der Waals surface area contributed by atoms with E-state index in [1.165, 1.54) is 38.5 Å². The molecule has 0 radical (unpaired) electrons. The van der Waals surface area contributed by atoms with Crippen molar-refractivity contribution in [3.05, 3.63) is 10.6 Å². The summed E-state index contributed by atoms with van der Waals surface area (Å²) in [5.74, 6) is 0.830. The van der Waals surface area contributed by atoms with Gasteiger partial charge < -0.3 is 0 Å². The van der Waals surface area contributed by atoms with Crippen LogP contribution in [0.3, 0.4) is 0 Å². The van der Waals surface area contributed by atoms with E-state index in [1.54, 1.807) is 0 Å². The summed E-state index contributed by atoms with van der Waals surface area (Å²) in [7, 11) is 0. The average Bonchev–Trinajstić information content (AvgIpc) is 2.22. The van der Waals surface area contributed by atoms with Gasteiger partial charge >= 0.3 is 0 Å². The molecule has 4 bridgehead atoms. The van der Waals surface area contributed by atoms with Gasteiger partial charge in [0, 0.05) is 16.0 Å². The molecular weight excluding hydrogens is 242 g/mol. The summed E-state index contributed by atoms with van der Waals surface area (Å²) < 4.78 is 0. The predicted octanol–water partition coefficient (Wildman–Crippen LogP) is 5.02. The van der Waals surface area contributed by atoms with E-state index in [0.717, 1.165) is 16.5 Å². The zero-order valence-electron chi connectivity index (χ0n) is 11.6. The molecule has 0 amide bonds. The van der Waals surface area contributed by atoms with Gasteiger partial charge in [-0.1, -0.05) is 25.4 Å². The SMILES string of the molecule is CC(C#N)=C(Cl)C12CC3CC(C)(CC(C)(C3)C1)C2. The van der Waals surface area contributed by atoms with Crippen LogP contribution >= 0.6 is 11.6 Å². The summed E-state index contributed by atoms with van der Waals surface area (Å²) in [5, 5.41) is 10.0. The van der Waals surface area contributed by atoms with Crippen LogP contribution in [0.2, 0.25) is 0 Å². The number of nitrogens with zero attached hydrogens (tertiary/aromatic N) is 1. The Morgan fingerprint density at radius 1 is 1.11 bits per heavy atom. The van der Waals surface area contributed by atoms with Crippen LogP contribution in [0.5, 0.6) is 0 Å². The lowest BCUT2D eigenvalue weighted by Crippen LogP contribution is -2.55. The Balaban J connectivity index is 2.07. The Kier molecular flexibility index (Phi) is 2.47. The van der Waals surface area contributed by atoms with Gasteiger partial charge in [0.1, 0.15) is 0 Å². The van der Waals surface area contributed by atoms with Gasteiger partial charge in [-0.3, -0.25) is 0 Å². The summed E-state index contributed by atoms with van der Waals surface area (Å²) in [5.41, 5.74) is 1.80. The van der Waals surface area contributed by atoms with Crippen LogP contribution in [0.15, 0.2) is 10.6 Å². The summed E-state index contributed by atoms with van der Waals surface area (Å²) in [6, 6.07) is 2.26. The fraction of sp³-hybridized carbons (Fsp3) is 0.812. The third kappa shape index (κ3) is 1.65. The first-order valence-corrected chi connectivity index (χ1v) is 7.45. The van der Waals surface area contributed by atoms with Crippen molar-refractivity contribution in [2.45, 2.75) is 59.3 Å². The molecule has 0 heterocycles. The van der Waals surface area contributed by atoms with Crippen LogP contribution in [0.1, 0.15) is 59.3 Å². The minimum Gasteiger partial charge on any atom is -0.193 e. The maximum absolute atomic E-state index is 9.14. The van der Waals surface area contributed by atoms with Gasteiger partial charge in [-0.15, -0.1) is 0 Å². The first-order valence-electron chi connectivity index (χ1n) is 7.07. The van der Waals surface area contributed by atoms with Crippen molar-refractivity contribution in [3.63, 3.8) is 0 Å². The molecule has 18 heavy (non-hydrogen) atoms. The highest BCUT2D eigenvalue weighted by Crippen LogP contribution is 2.71. The fourth-order valence-electron chi connectivity index (χ4n) is 6.14. The van der Waals surface area contributed by atoms with Crippen LogP contribution < -0.4 is 0 Å². The fourth-order valence-corrected chi connectivity index (χ4v) is 6.39. The van der Waals surface area contributed by atoms with Crippen molar-refractivity contribution < 1.29 is 0 Å². The molecule has 0 aliphatic heterocycles. The lowest BCUT2D eigenvalue weighted by Gasteiger charge is -2.65. The monoisotopic (exact) mass is 263 g/mol. The van der Waals surface area contributed by atoms with Crippen LogP contribution in [0.25, 0.3) is 0 Å². The molecule has 0 aromatic carbocycles. The quantitative estimate of drug-likeness (QED) is 0.610. The molecule has 0 saturated heterocycles. The molecule has 4 fully saturated rings. The van der Waals surface area contributed by atoms with E-state index in [-0.39, 0.29) is 5.41 Å². The van der Waals surface area contributed by atoms with E-state index in [1.807, 2.05) is 6.92 Å². The minimum absolute atomic E-state index is 0.129. The molecule has 0 aromatic heterocycles. The predicted molar refractivity (Wildman–Crippen MR) is 74.0 cm³/mol. The first-order chi connectivity index (χ1) is 8.30. The van der Waals surface area contributed by atoms with E-state index < -0.39 is 0 Å². The van der Waals surface area contributed by atoms with Crippen LogP contribution in [0, 0.1) is 33.5 Å². The van der Waals surface area contributed by atoms with Crippen molar-refractivity contribution in [1.82, 2.24) is 0 Å². The van der Waals surface area contributed by atoms with E-state index in [0.29, 0.717) is 10.8 Å². The van der Waals surface area contributed by atoms with Gasteiger partial charge in [0.05, 0.1) is 6.07 Å². The van der Waals surface area contributed by atoms with Crippen molar-refractivity contribution in [3.8, 4) is 6.07 Å². The molecule has 1 nitrogen and oxygen atoms in total. The zero-order chi connectivity index (χ0) is 13.2. The third-order valence-electron chi connectivity index (χ3n) is 5.59. The normalized spacial score (nSPS) is 50.9. The van der Waals surface area contributed by atoms with Crippen LogP contribution in [0.4, 0.5) is 0 Å². The van der Waals surface area contributed by atoms with Gasteiger partial charge in [-0.05, 0) is 62.2 Å². The number of halogens is 1. The number of hydrogen-bond acceptors (Lipinski definition) is 1. The van der Waals surface area contributed by atoms with Crippen LogP contribution in [-0.4, -0.2) is 0 Å². The van der Waals surface area contributed by atoms with Crippen molar-refractivity contribution in [1.29, 1.82) is 5.26 Å². The summed E-state index contributed by atoms with van der Waals surface area (Å²) >= 11 is 6.63. The van der Waals surface area contributed by atoms with E-state index in [9.17, 15) is 0 Å². The molecule has 2 unspecified atom stereocenters. The highest BCUT2D eigenvalue weighted by atomic mass is 35.5. The van der Waals surface area contributed by atoms with Crippen molar-refractivity contribution >= 4 is 11.6 Å². The third-order valence-corrected chi connectivity index (χ3v) is 6.27. The lowest BCUT2D eigenvalue weighted by atomic mass is 9.40. The molecule has 2 heteroatoms. The topological polar surface area (TPSA) is 23.8 Å². The molecule has 4 aliphatic carbocycles. The van der Waals surface area contributed by atoms with Gasteiger partial charge in [0.15, 0.2) is 0 Å². The Hall–Kier alpha value is -0.480. The first kappa shape index (κ1) is 12.5. The van der Waals surface area contributed by atoms with E-state index in [2.05, 4.69) is 19.9 Å². The lowest BCUT2D eigenvalue weighted by molar-refractivity contribution is -0.126. The molecule has 4 aliphatic rings. The molecule has 4 rings (SSSR count). The molecule has 0 spiro atoms. The van der Waals surface area contributed by atoms with E-state index in [4.69, 9.17) is 16.9 Å². The van der Waals surface area contributed by atoms with Crippen molar-refractivity contribution in [2.75, 3.05) is 0 Å². The highest BCUT2D eigenvalue weighted by molar-refractivity contribution is 6.31. The second kappa shape index (κ2) is 3.54. The second-order valence-corrected chi connectivity index (χ2v) is 8.34. The van der Waals surface area contributed by atoms with Crippen molar-refractivity contribution in [2.24, 2.45) is 22.2 Å². The summed E-state index contributed by atoms with van der Waals surface area (Å²) in [6.45, 7) is 6.76. The highest BCUT2D eigenvalue weighted by Gasteiger charge is 2.61. The largest absolute Gasteiger partial charge is 0.193 e. The Morgan fingerprint density at radius 3 is 2.11 bits per heavy atom. The number of hydrogen-bond donors (Lipinski definition) is 0. The van der Waals surface area contributed by atoms with Gasteiger partial charge in [0.25, 0.3) is 0 Å². The molecule has 0 N–H and O–H groups in total. The summed E-state index contributed by atoms with van der Waals surface area (Å²) in [4.78, 5) is 0. The Labute approximate surface area is 115 Å². The van der Waals surface area contributed by atoms with E-state index >= 15 is 0 Å². The zero-order valence-corrected chi connectivity index (χ0v) is 12.4. The van der Waals surface area contributed by atoms with Gasteiger partial charge in [0.2, 0.25) is 0 Å². The van der Waals surface area contributed by atoms with Gasteiger partial charge in [-0.2, -0.15) is 5.26 Å². The minimum atomic E-state index is 0.129. The average molecular weight is 264 g/mol. The van der Waals surface area contributed by atoms with Gasteiger partial charge in [-0.25, -0.2) is 0 Å². The summed E-state index contributed by atoms with van der Waals surface area (Å²) in [6.07, 6.45) is 7.72. The number of rotatable bonds is 1. The molecule has 0 aromatic rings. The molecular formula is C16H22ClN. The molecule has 98 valence electrons. The maximum Gasteiger partial charge on any atom is 0.0956 e.